The van der Waals surface area contributed by atoms with Gasteiger partial charge in [0.15, 0.2) is 5.69 Å². The summed E-state index contributed by atoms with van der Waals surface area (Å²) in [5, 5.41) is 4.61. The minimum absolute atomic E-state index is 0.0425. The highest BCUT2D eigenvalue weighted by Crippen LogP contribution is 2.23. The van der Waals surface area contributed by atoms with Crippen molar-refractivity contribution in [2.24, 2.45) is 0 Å². The van der Waals surface area contributed by atoms with E-state index in [1.54, 1.807) is 17.1 Å². The number of carbonyl (C=O) groups excluding carboxylic acids is 1. The van der Waals surface area contributed by atoms with Crippen LogP contribution in [0.3, 0.4) is 0 Å². The summed E-state index contributed by atoms with van der Waals surface area (Å²) in [5.41, 5.74) is 3.86. The zero-order chi connectivity index (χ0) is 18.8. The van der Waals surface area contributed by atoms with Crippen LogP contribution in [0.2, 0.25) is 0 Å². The highest BCUT2D eigenvalue weighted by Gasteiger charge is 2.24. The Morgan fingerprint density at radius 3 is 2.56 bits per heavy atom. The van der Waals surface area contributed by atoms with Crippen molar-refractivity contribution in [3.63, 3.8) is 0 Å². The van der Waals surface area contributed by atoms with Gasteiger partial charge in [-0.2, -0.15) is 5.10 Å². The SMILES string of the molecule is Cc1ccc(-c2cc(C(=O)N3CCN(C)CC3)nn2-c2cccnc2)nc1. The molecule has 7 heteroatoms. The first-order valence-corrected chi connectivity index (χ1v) is 9.03. The van der Waals surface area contributed by atoms with Crippen molar-refractivity contribution < 1.29 is 4.79 Å². The molecule has 1 aliphatic rings. The van der Waals surface area contributed by atoms with E-state index in [-0.39, 0.29) is 5.91 Å². The van der Waals surface area contributed by atoms with Crippen molar-refractivity contribution in [1.82, 2.24) is 29.5 Å². The Kier molecular flexibility index (Phi) is 4.68. The maximum absolute atomic E-state index is 13.0. The van der Waals surface area contributed by atoms with Gasteiger partial charge >= 0.3 is 0 Å². The molecule has 3 aromatic rings. The molecule has 1 aliphatic heterocycles. The predicted molar refractivity (Wildman–Crippen MR) is 103 cm³/mol. The van der Waals surface area contributed by atoms with Crippen LogP contribution in [0, 0.1) is 6.92 Å². The lowest BCUT2D eigenvalue weighted by Gasteiger charge is -2.31. The van der Waals surface area contributed by atoms with Gasteiger partial charge in [-0.1, -0.05) is 6.07 Å². The van der Waals surface area contributed by atoms with Gasteiger partial charge < -0.3 is 9.80 Å². The second-order valence-electron chi connectivity index (χ2n) is 6.85. The first kappa shape index (κ1) is 17.4. The molecule has 1 amide bonds. The molecule has 0 saturated carbocycles. The van der Waals surface area contributed by atoms with Gasteiger partial charge in [0.05, 0.1) is 23.3 Å². The number of rotatable bonds is 3. The zero-order valence-electron chi connectivity index (χ0n) is 15.5. The largest absolute Gasteiger partial charge is 0.335 e. The van der Waals surface area contributed by atoms with Crippen LogP contribution >= 0.6 is 0 Å². The Morgan fingerprint density at radius 1 is 1.07 bits per heavy atom. The lowest BCUT2D eigenvalue weighted by Crippen LogP contribution is -2.47. The topological polar surface area (TPSA) is 67.2 Å². The number of hydrogen-bond acceptors (Lipinski definition) is 5. The van der Waals surface area contributed by atoms with Crippen molar-refractivity contribution >= 4 is 5.91 Å². The highest BCUT2D eigenvalue weighted by molar-refractivity contribution is 5.93. The number of nitrogens with zero attached hydrogens (tertiary/aromatic N) is 6. The summed E-state index contributed by atoms with van der Waals surface area (Å²) >= 11 is 0. The Bertz CT molecular complexity index is 927. The van der Waals surface area contributed by atoms with Crippen LogP contribution in [-0.2, 0) is 0 Å². The summed E-state index contributed by atoms with van der Waals surface area (Å²) in [6, 6.07) is 9.55. The molecule has 0 bridgehead atoms. The number of likely N-dealkylation sites (N-methyl/N-ethyl adjacent to an activating group) is 1. The quantitative estimate of drug-likeness (QED) is 0.713. The normalized spacial score (nSPS) is 15.1. The van der Waals surface area contributed by atoms with Crippen LogP contribution in [0.15, 0.2) is 48.9 Å². The summed E-state index contributed by atoms with van der Waals surface area (Å²) in [6.45, 7) is 5.18. The molecule has 4 heterocycles. The number of aromatic nitrogens is 4. The fourth-order valence-electron chi connectivity index (χ4n) is 3.13. The van der Waals surface area contributed by atoms with Gasteiger partial charge in [0.25, 0.3) is 5.91 Å². The van der Waals surface area contributed by atoms with Gasteiger partial charge in [-0.3, -0.25) is 14.8 Å². The third-order valence-electron chi connectivity index (χ3n) is 4.78. The van der Waals surface area contributed by atoms with E-state index in [1.807, 2.05) is 48.4 Å². The second kappa shape index (κ2) is 7.28. The highest BCUT2D eigenvalue weighted by atomic mass is 16.2. The molecule has 0 atom stereocenters. The third kappa shape index (κ3) is 3.59. The van der Waals surface area contributed by atoms with Crippen LogP contribution < -0.4 is 0 Å². The first-order chi connectivity index (χ1) is 13.1. The Labute approximate surface area is 158 Å². The van der Waals surface area contributed by atoms with E-state index in [9.17, 15) is 4.79 Å². The Balaban J connectivity index is 1.73. The lowest BCUT2D eigenvalue weighted by atomic mass is 10.2. The molecule has 0 unspecified atom stereocenters. The molecule has 7 nitrogen and oxygen atoms in total. The fourth-order valence-corrected chi connectivity index (χ4v) is 3.13. The van der Waals surface area contributed by atoms with E-state index in [0.29, 0.717) is 18.8 Å². The van der Waals surface area contributed by atoms with Crippen LogP contribution in [0.25, 0.3) is 17.1 Å². The Morgan fingerprint density at radius 2 is 1.89 bits per heavy atom. The maximum Gasteiger partial charge on any atom is 0.274 e. The third-order valence-corrected chi connectivity index (χ3v) is 4.78. The number of amides is 1. The van der Waals surface area contributed by atoms with E-state index in [2.05, 4.69) is 27.0 Å². The van der Waals surface area contributed by atoms with Crippen LogP contribution in [0.5, 0.6) is 0 Å². The molecule has 27 heavy (non-hydrogen) atoms. The van der Waals surface area contributed by atoms with Gasteiger partial charge in [0.1, 0.15) is 0 Å². The van der Waals surface area contributed by atoms with Crippen LogP contribution in [0.4, 0.5) is 0 Å². The van der Waals surface area contributed by atoms with E-state index in [1.165, 1.54) is 0 Å². The number of hydrogen-bond donors (Lipinski definition) is 0. The Hall–Kier alpha value is -3.06. The maximum atomic E-state index is 13.0. The molecule has 0 radical (unpaired) electrons. The molecule has 0 aliphatic carbocycles. The number of piperazine rings is 1. The standard InChI is InChI=1S/C20H22N6O/c1-15-5-6-17(22-13-15)19-12-18(20(27)25-10-8-24(2)9-11-25)23-26(19)16-4-3-7-21-14-16/h3-7,12-14H,8-11H2,1-2H3. The molecule has 1 saturated heterocycles. The van der Waals surface area contributed by atoms with E-state index in [0.717, 1.165) is 35.7 Å². The summed E-state index contributed by atoms with van der Waals surface area (Å²) in [4.78, 5) is 25.8. The summed E-state index contributed by atoms with van der Waals surface area (Å²) in [6.07, 6.45) is 5.26. The van der Waals surface area contributed by atoms with Gasteiger partial charge in [0.2, 0.25) is 0 Å². The average Bonchev–Trinajstić information content (AvgIpc) is 3.15. The molecular formula is C20H22N6O. The van der Waals surface area contributed by atoms with Crippen LogP contribution in [0.1, 0.15) is 16.1 Å². The molecule has 4 rings (SSSR count). The number of pyridine rings is 2. The monoisotopic (exact) mass is 362 g/mol. The average molecular weight is 362 g/mol. The van der Waals surface area contributed by atoms with Gasteiger partial charge in [-0.05, 0) is 43.8 Å². The predicted octanol–water partition coefficient (Wildman–Crippen LogP) is 2.03. The van der Waals surface area contributed by atoms with Gasteiger partial charge in [0, 0.05) is 38.6 Å². The second-order valence-corrected chi connectivity index (χ2v) is 6.85. The summed E-state index contributed by atoms with van der Waals surface area (Å²) < 4.78 is 1.74. The number of carbonyl (C=O) groups is 1. The minimum atomic E-state index is -0.0425. The molecule has 3 aromatic heterocycles. The molecule has 0 spiro atoms. The summed E-state index contributed by atoms with van der Waals surface area (Å²) in [7, 11) is 2.07. The van der Waals surface area contributed by atoms with Crippen molar-refractivity contribution in [3.05, 3.63) is 60.2 Å². The van der Waals surface area contributed by atoms with Crippen molar-refractivity contribution in [2.75, 3.05) is 33.2 Å². The molecule has 138 valence electrons. The van der Waals surface area contributed by atoms with Crippen molar-refractivity contribution in [2.45, 2.75) is 6.92 Å². The summed E-state index contributed by atoms with van der Waals surface area (Å²) in [5.74, 6) is -0.0425. The van der Waals surface area contributed by atoms with Crippen molar-refractivity contribution in [1.29, 1.82) is 0 Å². The molecular weight excluding hydrogens is 340 g/mol. The van der Waals surface area contributed by atoms with E-state index in [4.69, 9.17) is 0 Å². The molecule has 0 N–H and O–H groups in total. The number of aryl methyl sites for hydroxylation is 1. The molecule has 1 fully saturated rings. The van der Waals surface area contributed by atoms with E-state index >= 15 is 0 Å². The van der Waals surface area contributed by atoms with E-state index < -0.39 is 0 Å². The zero-order valence-corrected chi connectivity index (χ0v) is 15.5. The van der Waals surface area contributed by atoms with Gasteiger partial charge in [-0.25, -0.2) is 4.68 Å². The molecule has 0 aromatic carbocycles. The smallest absolute Gasteiger partial charge is 0.274 e. The van der Waals surface area contributed by atoms with Crippen molar-refractivity contribution in [3.8, 4) is 17.1 Å². The lowest BCUT2D eigenvalue weighted by molar-refractivity contribution is 0.0657. The van der Waals surface area contributed by atoms with Gasteiger partial charge in [-0.15, -0.1) is 0 Å². The minimum Gasteiger partial charge on any atom is -0.335 e. The van der Waals surface area contributed by atoms with Crippen LogP contribution in [-0.4, -0.2) is 68.7 Å². The fraction of sp³-hybridized carbons (Fsp3) is 0.300. The first-order valence-electron chi connectivity index (χ1n) is 9.03.